The van der Waals surface area contributed by atoms with Gasteiger partial charge in [0.05, 0.1) is 19.6 Å². The van der Waals surface area contributed by atoms with Crippen molar-refractivity contribution in [3.05, 3.63) is 71.8 Å². The molecule has 1 amide bonds. The Kier molecular flexibility index (Phi) is 7.73. The van der Waals surface area contributed by atoms with Gasteiger partial charge < -0.3 is 14.7 Å². The van der Waals surface area contributed by atoms with Gasteiger partial charge in [0, 0.05) is 13.1 Å². The molecule has 0 heterocycles. The maximum absolute atomic E-state index is 12.5. The van der Waals surface area contributed by atoms with Crippen molar-refractivity contribution >= 4 is 12.0 Å². The van der Waals surface area contributed by atoms with Crippen molar-refractivity contribution in [2.24, 2.45) is 0 Å². The van der Waals surface area contributed by atoms with E-state index in [0.717, 1.165) is 16.9 Å². The van der Waals surface area contributed by atoms with E-state index < -0.39 is 0 Å². The Morgan fingerprint density at radius 3 is 2.48 bits per heavy atom. The van der Waals surface area contributed by atoms with E-state index in [9.17, 15) is 9.90 Å². The van der Waals surface area contributed by atoms with Crippen LogP contribution in [0.1, 0.15) is 18.1 Å². The van der Waals surface area contributed by atoms with Crippen LogP contribution in [0.5, 0.6) is 5.75 Å². The topological polar surface area (TPSA) is 49.8 Å². The maximum Gasteiger partial charge on any atom is 0.227 e. The Labute approximate surface area is 149 Å². The highest BCUT2D eigenvalue weighted by Crippen LogP contribution is 2.13. The molecule has 2 aromatic rings. The largest absolute Gasteiger partial charge is 0.494 e. The second-order valence-electron chi connectivity index (χ2n) is 5.63. The van der Waals surface area contributed by atoms with Crippen LogP contribution in [0.25, 0.3) is 6.08 Å². The molecule has 2 rings (SSSR count). The quantitative estimate of drug-likeness (QED) is 0.763. The number of ether oxygens (including phenoxy) is 1. The van der Waals surface area contributed by atoms with Crippen LogP contribution in [0.4, 0.5) is 0 Å². The summed E-state index contributed by atoms with van der Waals surface area (Å²) in [4.78, 5) is 14.2. The number of carbonyl (C=O) groups excluding carboxylic acids is 1. The molecule has 0 aliphatic heterocycles. The molecule has 1 N–H and O–H groups in total. The Hall–Kier alpha value is -2.59. The first-order valence-corrected chi connectivity index (χ1v) is 8.55. The molecule has 132 valence electrons. The zero-order chi connectivity index (χ0) is 17.9. The van der Waals surface area contributed by atoms with Crippen LogP contribution >= 0.6 is 0 Å². The highest BCUT2D eigenvalue weighted by atomic mass is 16.5. The summed E-state index contributed by atoms with van der Waals surface area (Å²) in [7, 11) is 0. The Morgan fingerprint density at radius 2 is 1.84 bits per heavy atom. The van der Waals surface area contributed by atoms with Crippen molar-refractivity contribution in [2.75, 3.05) is 26.3 Å². The summed E-state index contributed by atoms with van der Waals surface area (Å²) in [5.41, 5.74) is 2.02. The van der Waals surface area contributed by atoms with E-state index in [1.54, 1.807) is 4.90 Å². The molecule has 0 aliphatic rings. The van der Waals surface area contributed by atoms with Crippen LogP contribution in [0.15, 0.2) is 60.7 Å². The summed E-state index contributed by atoms with van der Waals surface area (Å²) in [5, 5.41) is 9.23. The fourth-order valence-electron chi connectivity index (χ4n) is 2.48. The van der Waals surface area contributed by atoms with Gasteiger partial charge in [-0.25, -0.2) is 0 Å². The van der Waals surface area contributed by atoms with E-state index in [-0.39, 0.29) is 12.5 Å². The molecule has 0 atom stereocenters. The minimum Gasteiger partial charge on any atom is -0.494 e. The van der Waals surface area contributed by atoms with Gasteiger partial charge in [-0.05, 0) is 30.2 Å². The second kappa shape index (κ2) is 10.3. The standard InChI is InChI=1S/C21H25NO3/c1-2-25-20-12-10-19(11-13-20)17-21(24)22(15-16-23)14-6-9-18-7-4-3-5-8-18/h3-13,23H,2,14-17H2,1H3. The average Bonchev–Trinajstić information content (AvgIpc) is 2.64. The molecule has 0 fully saturated rings. The molecule has 0 saturated carbocycles. The van der Waals surface area contributed by atoms with Gasteiger partial charge in [0.25, 0.3) is 0 Å². The van der Waals surface area contributed by atoms with Gasteiger partial charge in [-0.3, -0.25) is 4.79 Å². The third kappa shape index (κ3) is 6.43. The van der Waals surface area contributed by atoms with Gasteiger partial charge in [-0.2, -0.15) is 0 Å². The molecule has 0 bridgehead atoms. The Balaban J connectivity index is 1.93. The van der Waals surface area contributed by atoms with Crippen LogP contribution in [0, 0.1) is 0 Å². The predicted octanol–water partition coefficient (Wildman–Crippen LogP) is 3.16. The number of hydrogen-bond acceptors (Lipinski definition) is 3. The SMILES string of the molecule is CCOc1ccc(CC(=O)N(CC=Cc2ccccc2)CCO)cc1. The van der Waals surface area contributed by atoms with E-state index in [2.05, 4.69) is 0 Å². The van der Waals surface area contributed by atoms with E-state index in [1.165, 1.54) is 0 Å². The zero-order valence-corrected chi connectivity index (χ0v) is 14.6. The van der Waals surface area contributed by atoms with E-state index in [1.807, 2.05) is 73.7 Å². The van der Waals surface area contributed by atoms with E-state index >= 15 is 0 Å². The monoisotopic (exact) mass is 339 g/mol. The van der Waals surface area contributed by atoms with Crippen LogP contribution in [-0.2, 0) is 11.2 Å². The van der Waals surface area contributed by atoms with Crippen LogP contribution in [0.2, 0.25) is 0 Å². The van der Waals surface area contributed by atoms with Crippen LogP contribution in [-0.4, -0.2) is 42.2 Å². The molecule has 0 unspecified atom stereocenters. The number of carbonyl (C=O) groups is 1. The van der Waals surface area contributed by atoms with Gasteiger partial charge in [0.1, 0.15) is 5.75 Å². The summed E-state index contributed by atoms with van der Waals surface area (Å²) < 4.78 is 5.41. The highest BCUT2D eigenvalue weighted by Gasteiger charge is 2.12. The van der Waals surface area contributed by atoms with E-state index in [4.69, 9.17) is 4.74 Å². The molecule has 0 saturated heterocycles. The maximum atomic E-state index is 12.5. The van der Waals surface area contributed by atoms with Crippen molar-refractivity contribution in [3.63, 3.8) is 0 Å². The summed E-state index contributed by atoms with van der Waals surface area (Å²) >= 11 is 0. The predicted molar refractivity (Wildman–Crippen MR) is 100 cm³/mol. The third-order valence-electron chi connectivity index (χ3n) is 3.75. The minimum absolute atomic E-state index is 0.00378. The Bertz CT molecular complexity index is 665. The number of aliphatic hydroxyl groups is 1. The smallest absolute Gasteiger partial charge is 0.227 e. The second-order valence-corrected chi connectivity index (χ2v) is 5.63. The summed E-state index contributed by atoms with van der Waals surface area (Å²) in [5.74, 6) is 0.799. The van der Waals surface area contributed by atoms with Crippen LogP contribution < -0.4 is 4.74 Å². The van der Waals surface area contributed by atoms with Crippen molar-refractivity contribution in [2.45, 2.75) is 13.3 Å². The lowest BCUT2D eigenvalue weighted by molar-refractivity contribution is -0.130. The fourth-order valence-corrected chi connectivity index (χ4v) is 2.48. The molecule has 0 spiro atoms. The van der Waals surface area contributed by atoms with Gasteiger partial charge in [-0.15, -0.1) is 0 Å². The minimum atomic E-state index is -0.0474. The zero-order valence-electron chi connectivity index (χ0n) is 14.6. The molecule has 2 aromatic carbocycles. The first-order chi connectivity index (χ1) is 12.2. The number of aliphatic hydroxyl groups excluding tert-OH is 1. The van der Waals surface area contributed by atoms with Crippen LogP contribution in [0.3, 0.4) is 0 Å². The van der Waals surface area contributed by atoms with Gasteiger partial charge in [0.15, 0.2) is 0 Å². The normalized spacial score (nSPS) is 10.8. The summed E-state index contributed by atoms with van der Waals surface area (Å²) in [6.45, 7) is 3.32. The first kappa shape index (κ1) is 18.7. The van der Waals surface area contributed by atoms with Gasteiger partial charge >= 0.3 is 0 Å². The number of rotatable bonds is 9. The molecular weight excluding hydrogens is 314 g/mol. The number of benzene rings is 2. The third-order valence-corrected chi connectivity index (χ3v) is 3.75. The molecular formula is C21H25NO3. The molecule has 25 heavy (non-hydrogen) atoms. The van der Waals surface area contributed by atoms with E-state index in [0.29, 0.717) is 26.1 Å². The van der Waals surface area contributed by atoms with Crippen molar-refractivity contribution in [1.82, 2.24) is 4.90 Å². The van der Waals surface area contributed by atoms with Crippen molar-refractivity contribution in [1.29, 1.82) is 0 Å². The van der Waals surface area contributed by atoms with Gasteiger partial charge in [0.2, 0.25) is 5.91 Å². The summed E-state index contributed by atoms with van der Waals surface area (Å²) in [6, 6.07) is 17.5. The lowest BCUT2D eigenvalue weighted by Crippen LogP contribution is -2.34. The molecule has 0 aromatic heterocycles. The Morgan fingerprint density at radius 1 is 1.12 bits per heavy atom. The lowest BCUT2D eigenvalue weighted by Gasteiger charge is -2.20. The first-order valence-electron chi connectivity index (χ1n) is 8.55. The number of nitrogens with zero attached hydrogens (tertiary/aromatic N) is 1. The van der Waals surface area contributed by atoms with Crippen molar-refractivity contribution in [3.8, 4) is 5.75 Å². The summed E-state index contributed by atoms with van der Waals surface area (Å²) in [6.07, 6.45) is 4.24. The van der Waals surface area contributed by atoms with Crippen molar-refractivity contribution < 1.29 is 14.6 Å². The molecule has 0 aliphatic carbocycles. The lowest BCUT2D eigenvalue weighted by atomic mass is 10.1. The molecule has 4 nitrogen and oxygen atoms in total. The molecule has 4 heteroatoms. The average molecular weight is 339 g/mol. The molecule has 0 radical (unpaired) electrons. The number of hydrogen-bond donors (Lipinski definition) is 1. The van der Waals surface area contributed by atoms with Gasteiger partial charge in [-0.1, -0.05) is 54.6 Å². The fraction of sp³-hybridized carbons (Fsp3) is 0.286. The highest BCUT2D eigenvalue weighted by molar-refractivity contribution is 5.79. The number of amides is 1.